The first-order valence-corrected chi connectivity index (χ1v) is 5.98. The quantitative estimate of drug-likeness (QED) is 0.682. The summed E-state index contributed by atoms with van der Waals surface area (Å²) in [5.74, 6) is 1.55. The summed E-state index contributed by atoms with van der Waals surface area (Å²) in [6.07, 6.45) is 1.62. The lowest BCUT2D eigenvalue weighted by atomic mass is 10.0. The van der Waals surface area contributed by atoms with E-state index in [1.54, 1.807) is 6.20 Å². The Morgan fingerprint density at radius 2 is 2.16 bits per heavy atom. The number of aromatic nitrogens is 4. The lowest BCUT2D eigenvalue weighted by Crippen LogP contribution is -2.07. The van der Waals surface area contributed by atoms with E-state index in [-0.39, 0.29) is 11.6 Å². The van der Waals surface area contributed by atoms with Crippen molar-refractivity contribution in [3.05, 3.63) is 52.3 Å². The van der Waals surface area contributed by atoms with E-state index in [0.717, 1.165) is 11.3 Å². The number of imidazole rings is 1. The van der Waals surface area contributed by atoms with Crippen molar-refractivity contribution in [3.63, 3.8) is 0 Å². The van der Waals surface area contributed by atoms with Gasteiger partial charge in [0.2, 0.25) is 0 Å². The Bertz CT molecular complexity index is 821. The van der Waals surface area contributed by atoms with E-state index in [1.807, 2.05) is 24.3 Å². The molecule has 2 N–H and O–H groups in total. The van der Waals surface area contributed by atoms with E-state index in [0.29, 0.717) is 23.6 Å². The molecule has 1 unspecified atom stereocenters. The summed E-state index contributed by atoms with van der Waals surface area (Å²) in [5, 5.41) is 0. The minimum atomic E-state index is -0.274. The zero-order valence-electron chi connectivity index (χ0n) is 9.88. The van der Waals surface area contributed by atoms with Gasteiger partial charge < -0.3 is 9.72 Å². The Balaban J connectivity index is 1.85. The van der Waals surface area contributed by atoms with Crippen molar-refractivity contribution in [1.29, 1.82) is 0 Å². The highest BCUT2D eigenvalue weighted by Gasteiger charge is 2.27. The molecule has 1 aliphatic rings. The van der Waals surface area contributed by atoms with Crippen LogP contribution in [-0.2, 0) is 0 Å². The van der Waals surface area contributed by atoms with Gasteiger partial charge in [-0.3, -0.25) is 4.98 Å². The van der Waals surface area contributed by atoms with Crippen molar-refractivity contribution in [3.8, 4) is 5.75 Å². The molecule has 0 amide bonds. The highest BCUT2D eigenvalue weighted by Crippen LogP contribution is 2.36. The van der Waals surface area contributed by atoms with Crippen molar-refractivity contribution < 1.29 is 4.74 Å². The molecule has 0 spiro atoms. The van der Waals surface area contributed by atoms with Crippen LogP contribution in [0.4, 0.5) is 0 Å². The Morgan fingerprint density at radius 1 is 1.26 bits per heavy atom. The molecular weight excluding hydrogens is 244 g/mol. The SMILES string of the molecule is O=c1[nH]c2cnc(C3COc4ccccc43)nc2[nH]1. The number of H-pyrrole nitrogens is 2. The predicted octanol–water partition coefficient (Wildman–Crippen LogP) is 1.17. The summed E-state index contributed by atoms with van der Waals surface area (Å²) in [7, 11) is 0. The van der Waals surface area contributed by atoms with Crippen molar-refractivity contribution in [2.75, 3.05) is 6.61 Å². The predicted molar refractivity (Wildman–Crippen MR) is 68.3 cm³/mol. The minimum Gasteiger partial charge on any atom is -0.492 e. The lowest BCUT2D eigenvalue weighted by molar-refractivity contribution is 0.340. The van der Waals surface area contributed by atoms with E-state index in [2.05, 4.69) is 19.9 Å². The summed E-state index contributed by atoms with van der Waals surface area (Å²) in [6.45, 7) is 0.527. The van der Waals surface area contributed by atoms with Gasteiger partial charge >= 0.3 is 5.69 Å². The van der Waals surface area contributed by atoms with Gasteiger partial charge in [0.1, 0.15) is 23.7 Å². The molecule has 0 fully saturated rings. The first kappa shape index (κ1) is 10.3. The Hall–Kier alpha value is -2.63. The van der Waals surface area contributed by atoms with E-state index < -0.39 is 0 Å². The monoisotopic (exact) mass is 254 g/mol. The number of para-hydroxylation sites is 1. The van der Waals surface area contributed by atoms with Gasteiger partial charge in [0, 0.05) is 5.56 Å². The second-order valence-corrected chi connectivity index (χ2v) is 4.47. The molecule has 19 heavy (non-hydrogen) atoms. The molecule has 0 aliphatic carbocycles. The number of nitrogens with zero attached hydrogens (tertiary/aromatic N) is 2. The fourth-order valence-electron chi connectivity index (χ4n) is 2.39. The van der Waals surface area contributed by atoms with Crippen molar-refractivity contribution in [2.45, 2.75) is 5.92 Å². The second kappa shape index (κ2) is 3.68. The number of nitrogens with one attached hydrogen (secondary N) is 2. The fraction of sp³-hybridized carbons (Fsp3) is 0.154. The topological polar surface area (TPSA) is 83.7 Å². The van der Waals surface area contributed by atoms with Crippen LogP contribution in [0.3, 0.4) is 0 Å². The third kappa shape index (κ3) is 1.53. The van der Waals surface area contributed by atoms with E-state index >= 15 is 0 Å². The first-order valence-electron chi connectivity index (χ1n) is 5.98. The first-order chi connectivity index (χ1) is 9.31. The molecule has 1 atom stereocenters. The summed E-state index contributed by atoms with van der Waals surface area (Å²) in [5.41, 5.74) is 1.95. The molecular formula is C13H10N4O2. The molecule has 0 saturated heterocycles. The maximum absolute atomic E-state index is 11.2. The summed E-state index contributed by atoms with van der Waals surface area (Å²) < 4.78 is 5.62. The van der Waals surface area contributed by atoms with Gasteiger partial charge in [-0.05, 0) is 6.07 Å². The largest absolute Gasteiger partial charge is 0.492 e. The van der Waals surface area contributed by atoms with Crippen LogP contribution in [0.5, 0.6) is 5.75 Å². The fourth-order valence-corrected chi connectivity index (χ4v) is 2.39. The molecule has 6 heteroatoms. The number of aromatic amines is 2. The Morgan fingerprint density at radius 3 is 3.11 bits per heavy atom. The van der Waals surface area contributed by atoms with Gasteiger partial charge in [0.05, 0.1) is 12.1 Å². The van der Waals surface area contributed by atoms with Gasteiger partial charge in [-0.15, -0.1) is 0 Å². The van der Waals surface area contributed by atoms with Crippen molar-refractivity contribution >= 4 is 11.2 Å². The maximum Gasteiger partial charge on any atom is 0.325 e. The normalized spacial score (nSPS) is 17.4. The number of hydrogen-bond acceptors (Lipinski definition) is 4. The molecule has 0 saturated carbocycles. The number of fused-ring (bicyclic) bond motifs is 2. The van der Waals surface area contributed by atoms with Crippen LogP contribution < -0.4 is 10.4 Å². The third-order valence-electron chi connectivity index (χ3n) is 3.30. The van der Waals surface area contributed by atoms with Crippen LogP contribution in [0.25, 0.3) is 11.2 Å². The van der Waals surface area contributed by atoms with Gasteiger partial charge in [-0.2, -0.15) is 0 Å². The highest BCUT2D eigenvalue weighted by molar-refractivity contribution is 5.68. The van der Waals surface area contributed by atoms with Crippen LogP contribution >= 0.6 is 0 Å². The smallest absolute Gasteiger partial charge is 0.325 e. The van der Waals surface area contributed by atoms with Crippen molar-refractivity contribution in [1.82, 2.24) is 19.9 Å². The molecule has 2 aromatic heterocycles. The molecule has 0 bridgehead atoms. The Labute approximate surface area is 107 Å². The van der Waals surface area contributed by atoms with Gasteiger partial charge in [-0.25, -0.2) is 14.8 Å². The van der Waals surface area contributed by atoms with Crippen LogP contribution in [0.15, 0.2) is 35.3 Å². The summed E-state index contributed by atoms with van der Waals surface area (Å²) >= 11 is 0. The van der Waals surface area contributed by atoms with E-state index in [4.69, 9.17) is 4.74 Å². The second-order valence-electron chi connectivity index (χ2n) is 4.47. The molecule has 0 radical (unpaired) electrons. The van der Waals surface area contributed by atoms with Crippen LogP contribution in [0, 0.1) is 0 Å². The molecule has 1 aliphatic heterocycles. The number of hydrogen-bond donors (Lipinski definition) is 2. The zero-order valence-corrected chi connectivity index (χ0v) is 9.88. The Kier molecular flexibility index (Phi) is 2.00. The molecule has 3 aromatic rings. The summed E-state index contributed by atoms with van der Waals surface area (Å²) in [4.78, 5) is 25.2. The average molecular weight is 254 g/mol. The molecule has 4 rings (SSSR count). The van der Waals surface area contributed by atoms with E-state index in [1.165, 1.54) is 0 Å². The summed E-state index contributed by atoms with van der Waals surface area (Å²) in [6, 6.07) is 7.86. The molecule has 1 aromatic carbocycles. The van der Waals surface area contributed by atoms with Gasteiger partial charge in [0.15, 0.2) is 5.65 Å². The number of rotatable bonds is 1. The third-order valence-corrected chi connectivity index (χ3v) is 3.30. The number of ether oxygens (including phenoxy) is 1. The lowest BCUT2D eigenvalue weighted by Gasteiger charge is -2.06. The van der Waals surface area contributed by atoms with Gasteiger partial charge in [-0.1, -0.05) is 18.2 Å². The molecule has 3 heterocycles. The average Bonchev–Trinajstić information content (AvgIpc) is 2.99. The standard InChI is InChI=1S/C13H10N4O2/c18-13-15-9-5-14-11(16-12(9)17-13)8-6-19-10-4-2-1-3-7(8)10/h1-5,8H,6H2,(H2,14,15,16,17,18). The van der Waals surface area contributed by atoms with Gasteiger partial charge in [0.25, 0.3) is 0 Å². The zero-order chi connectivity index (χ0) is 12.8. The minimum absolute atomic E-state index is 0.0130. The highest BCUT2D eigenvalue weighted by atomic mass is 16.5. The maximum atomic E-state index is 11.2. The van der Waals surface area contributed by atoms with Crippen LogP contribution in [-0.4, -0.2) is 26.5 Å². The molecule has 94 valence electrons. The van der Waals surface area contributed by atoms with Crippen LogP contribution in [0.2, 0.25) is 0 Å². The van der Waals surface area contributed by atoms with Crippen LogP contribution in [0.1, 0.15) is 17.3 Å². The number of benzene rings is 1. The molecule has 6 nitrogen and oxygen atoms in total. The van der Waals surface area contributed by atoms with E-state index in [9.17, 15) is 4.79 Å². The van der Waals surface area contributed by atoms with Crippen molar-refractivity contribution in [2.24, 2.45) is 0 Å².